The van der Waals surface area contributed by atoms with E-state index in [0.717, 1.165) is 10.9 Å². The molecule has 0 aliphatic heterocycles. The minimum Gasteiger partial charge on any atom is -0.324 e. The quantitative estimate of drug-likeness (QED) is 0.807. The first-order valence-corrected chi connectivity index (χ1v) is 8.54. The summed E-state index contributed by atoms with van der Waals surface area (Å²) >= 11 is 3.56. The van der Waals surface area contributed by atoms with Crippen molar-refractivity contribution >= 4 is 15.9 Å². The molecule has 2 heteroatoms. The summed E-state index contributed by atoms with van der Waals surface area (Å²) in [6, 6.07) is 15.4. The van der Waals surface area contributed by atoms with Gasteiger partial charge in [0.1, 0.15) is 0 Å². The Balaban J connectivity index is 1.82. The Hall–Kier alpha value is -1.12. The maximum absolute atomic E-state index is 6.53. The van der Waals surface area contributed by atoms with Crippen LogP contribution in [-0.2, 0) is 6.42 Å². The number of hydrogen-bond acceptors (Lipinski definition) is 1. The molecule has 1 aliphatic carbocycles. The third-order valence-corrected chi connectivity index (χ3v) is 5.17. The number of fused-ring (bicyclic) bond motifs is 1. The molecule has 0 heterocycles. The highest BCUT2D eigenvalue weighted by Crippen LogP contribution is 2.37. The molecule has 2 unspecified atom stereocenters. The van der Waals surface area contributed by atoms with E-state index in [0.29, 0.717) is 5.92 Å². The van der Waals surface area contributed by atoms with Crippen molar-refractivity contribution in [3.63, 3.8) is 0 Å². The van der Waals surface area contributed by atoms with Crippen LogP contribution in [0.5, 0.6) is 0 Å². The highest BCUT2D eigenvalue weighted by molar-refractivity contribution is 9.10. The van der Waals surface area contributed by atoms with Crippen LogP contribution in [0.25, 0.3) is 0 Å². The Morgan fingerprint density at radius 1 is 1.24 bits per heavy atom. The van der Waals surface area contributed by atoms with E-state index in [-0.39, 0.29) is 6.04 Å². The Bertz CT molecular complexity index is 635. The first-order valence-electron chi connectivity index (χ1n) is 7.74. The van der Waals surface area contributed by atoms with Gasteiger partial charge in [0.2, 0.25) is 0 Å². The van der Waals surface area contributed by atoms with Crippen molar-refractivity contribution in [1.29, 1.82) is 0 Å². The normalized spacial score (nSPS) is 19.1. The van der Waals surface area contributed by atoms with Crippen molar-refractivity contribution < 1.29 is 0 Å². The summed E-state index contributed by atoms with van der Waals surface area (Å²) < 4.78 is 1.11. The lowest BCUT2D eigenvalue weighted by Gasteiger charge is -2.28. The van der Waals surface area contributed by atoms with Crippen LogP contribution in [-0.4, -0.2) is 0 Å². The molecule has 21 heavy (non-hydrogen) atoms. The first-order chi connectivity index (χ1) is 10.1. The van der Waals surface area contributed by atoms with E-state index in [1.165, 1.54) is 41.5 Å². The fourth-order valence-corrected chi connectivity index (χ4v) is 3.92. The van der Waals surface area contributed by atoms with Crippen molar-refractivity contribution in [2.75, 3.05) is 0 Å². The molecule has 2 aromatic rings. The van der Waals surface area contributed by atoms with Crippen molar-refractivity contribution in [2.45, 2.75) is 44.6 Å². The summed E-state index contributed by atoms with van der Waals surface area (Å²) in [5.74, 6) is 0.600. The second-order valence-corrected chi connectivity index (χ2v) is 7.05. The lowest BCUT2D eigenvalue weighted by Crippen LogP contribution is -2.18. The standard InChI is InChI=1S/C19H22BrN/c1-13-9-10-16(20)12-18(13)19(21)11-15-7-4-6-14-5-2-3-8-17(14)15/h2-3,5,8-10,12,15,19H,4,6-7,11,21H2,1H3. The second kappa shape index (κ2) is 6.33. The average Bonchev–Trinajstić information content (AvgIpc) is 2.50. The number of halogens is 1. The van der Waals surface area contributed by atoms with Crippen molar-refractivity contribution in [3.8, 4) is 0 Å². The molecule has 1 aliphatic rings. The minimum atomic E-state index is 0.110. The highest BCUT2D eigenvalue weighted by Gasteiger charge is 2.23. The number of benzene rings is 2. The van der Waals surface area contributed by atoms with E-state index >= 15 is 0 Å². The molecule has 0 saturated heterocycles. The molecule has 2 N–H and O–H groups in total. The topological polar surface area (TPSA) is 26.0 Å². The molecule has 0 radical (unpaired) electrons. The van der Waals surface area contributed by atoms with Gasteiger partial charge in [-0.2, -0.15) is 0 Å². The lowest BCUT2D eigenvalue weighted by atomic mass is 9.78. The summed E-state index contributed by atoms with van der Waals surface area (Å²) in [4.78, 5) is 0. The van der Waals surface area contributed by atoms with Crippen molar-refractivity contribution in [3.05, 3.63) is 69.2 Å². The molecule has 0 amide bonds. The minimum absolute atomic E-state index is 0.110. The number of nitrogens with two attached hydrogens (primary N) is 1. The van der Waals surface area contributed by atoms with Gasteiger partial charge < -0.3 is 5.73 Å². The smallest absolute Gasteiger partial charge is 0.0303 e. The maximum atomic E-state index is 6.53. The zero-order chi connectivity index (χ0) is 14.8. The number of aryl methyl sites for hydroxylation is 2. The highest BCUT2D eigenvalue weighted by atomic mass is 79.9. The SMILES string of the molecule is Cc1ccc(Br)cc1C(N)CC1CCCc2ccccc21. The van der Waals surface area contributed by atoms with Gasteiger partial charge in [-0.1, -0.05) is 46.3 Å². The van der Waals surface area contributed by atoms with Gasteiger partial charge in [0, 0.05) is 10.5 Å². The van der Waals surface area contributed by atoms with E-state index < -0.39 is 0 Å². The van der Waals surface area contributed by atoms with Crippen LogP contribution in [0, 0.1) is 6.92 Å². The summed E-state index contributed by atoms with van der Waals surface area (Å²) in [6.45, 7) is 2.15. The molecule has 0 fully saturated rings. The molecular weight excluding hydrogens is 322 g/mol. The lowest BCUT2D eigenvalue weighted by molar-refractivity contribution is 0.475. The summed E-state index contributed by atoms with van der Waals surface area (Å²) in [5.41, 5.74) is 12.1. The average molecular weight is 344 g/mol. The largest absolute Gasteiger partial charge is 0.324 e. The number of rotatable bonds is 3. The van der Waals surface area contributed by atoms with Crippen LogP contribution in [0.3, 0.4) is 0 Å². The van der Waals surface area contributed by atoms with Gasteiger partial charge in [-0.25, -0.2) is 0 Å². The van der Waals surface area contributed by atoms with Crippen LogP contribution in [0.2, 0.25) is 0 Å². The molecule has 110 valence electrons. The van der Waals surface area contributed by atoms with Crippen molar-refractivity contribution in [2.24, 2.45) is 5.73 Å². The third-order valence-electron chi connectivity index (χ3n) is 4.67. The van der Waals surface area contributed by atoms with Gasteiger partial charge in [0.25, 0.3) is 0 Å². The molecule has 3 rings (SSSR count). The third kappa shape index (κ3) is 3.22. The van der Waals surface area contributed by atoms with Crippen LogP contribution in [0.4, 0.5) is 0 Å². The Labute approximate surface area is 135 Å². The molecule has 0 spiro atoms. The van der Waals surface area contributed by atoms with E-state index in [4.69, 9.17) is 5.73 Å². The molecular formula is C19H22BrN. The Kier molecular flexibility index (Phi) is 4.46. The number of hydrogen-bond donors (Lipinski definition) is 1. The van der Waals surface area contributed by atoms with Crippen LogP contribution >= 0.6 is 15.9 Å². The summed E-state index contributed by atoms with van der Waals surface area (Å²) in [5, 5.41) is 0. The Morgan fingerprint density at radius 3 is 2.90 bits per heavy atom. The fourth-order valence-electron chi connectivity index (χ4n) is 3.54. The molecule has 0 bridgehead atoms. The van der Waals surface area contributed by atoms with Gasteiger partial charge in [0.15, 0.2) is 0 Å². The van der Waals surface area contributed by atoms with Gasteiger partial charge in [-0.15, -0.1) is 0 Å². The molecule has 2 atom stereocenters. The maximum Gasteiger partial charge on any atom is 0.0303 e. The van der Waals surface area contributed by atoms with E-state index in [1.54, 1.807) is 0 Å². The zero-order valence-electron chi connectivity index (χ0n) is 12.5. The van der Waals surface area contributed by atoms with Gasteiger partial charge in [-0.05, 0) is 72.9 Å². The summed E-state index contributed by atoms with van der Waals surface area (Å²) in [6.07, 6.45) is 4.80. The van der Waals surface area contributed by atoms with Crippen LogP contribution in [0.15, 0.2) is 46.9 Å². The monoisotopic (exact) mass is 343 g/mol. The zero-order valence-corrected chi connectivity index (χ0v) is 14.1. The molecule has 0 aromatic heterocycles. The van der Waals surface area contributed by atoms with Crippen molar-refractivity contribution in [1.82, 2.24) is 0 Å². The first kappa shape index (κ1) is 14.8. The van der Waals surface area contributed by atoms with Crippen LogP contribution < -0.4 is 5.73 Å². The molecule has 0 saturated carbocycles. The fraction of sp³-hybridized carbons (Fsp3) is 0.368. The van der Waals surface area contributed by atoms with E-state index in [1.807, 2.05) is 0 Å². The van der Waals surface area contributed by atoms with E-state index in [2.05, 4.69) is 65.3 Å². The molecule has 2 aromatic carbocycles. The molecule has 1 nitrogen and oxygen atoms in total. The predicted molar refractivity (Wildman–Crippen MR) is 92.5 cm³/mol. The van der Waals surface area contributed by atoms with Gasteiger partial charge >= 0.3 is 0 Å². The van der Waals surface area contributed by atoms with Gasteiger partial charge in [0.05, 0.1) is 0 Å². The second-order valence-electron chi connectivity index (χ2n) is 6.13. The van der Waals surface area contributed by atoms with E-state index in [9.17, 15) is 0 Å². The van der Waals surface area contributed by atoms with Crippen LogP contribution in [0.1, 0.15) is 53.5 Å². The van der Waals surface area contributed by atoms with Gasteiger partial charge in [-0.3, -0.25) is 0 Å². The Morgan fingerprint density at radius 2 is 2.05 bits per heavy atom. The summed E-state index contributed by atoms with van der Waals surface area (Å²) in [7, 11) is 0. The predicted octanol–water partition coefficient (Wildman–Crippen LogP) is 5.27.